The second-order valence-electron chi connectivity index (χ2n) is 7.95. The fourth-order valence-corrected chi connectivity index (χ4v) is 4.24. The molecule has 3 rings (SSSR count). The van der Waals surface area contributed by atoms with Crippen LogP contribution >= 0.6 is 0 Å². The lowest BCUT2D eigenvalue weighted by molar-refractivity contribution is 0.0585. The van der Waals surface area contributed by atoms with Gasteiger partial charge in [-0.05, 0) is 63.6 Å². The van der Waals surface area contributed by atoms with Crippen LogP contribution in [0.15, 0.2) is 47.1 Å². The Kier molecular flexibility index (Phi) is 7.61. The van der Waals surface area contributed by atoms with E-state index in [2.05, 4.69) is 0 Å². The molecule has 3 aromatic rings. The normalized spacial score (nSPS) is 11.7. The molecule has 34 heavy (non-hydrogen) atoms. The highest BCUT2D eigenvalue weighted by Gasteiger charge is 2.33. The van der Waals surface area contributed by atoms with Crippen LogP contribution in [-0.2, 0) is 17.8 Å². The number of carbonyl (C=O) groups excluding carboxylic acids is 3. The smallest absolute Gasteiger partial charge is 0.354 e. The van der Waals surface area contributed by atoms with Gasteiger partial charge >= 0.3 is 5.97 Å². The summed E-state index contributed by atoms with van der Waals surface area (Å²) in [6, 6.07) is 9.43. The molecule has 2 heterocycles. The van der Waals surface area contributed by atoms with Gasteiger partial charge in [0.25, 0.3) is 5.91 Å². The van der Waals surface area contributed by atoms with Crippen LogP contribution in [0.25, 0.3) is 0 Å². The minimum atomic E-state index is -0.834. The maximum Gasteiger partial charge on any atom is 0.354 e. The Hall–Kier alpha value is -3.81. The Morgan fingerprint density at radius 1 is 1.12 bits per heavy atom. The summed E-state index contributed by atoms with van der Waals surface area (Å²) in [5, 5.41) is 0. The van der Waals surface area contributed by atoms with Crippen molar-refractivity contribution in [3.8, 4) is 5.75 Å². The number of hydrogen-bond acceptors (Lipinski definition) is 6. The number of ketones is 1. The van der Waals surface area contributed by atoms with Crippen molar-refractivity contribution in [2.45, 2.75) is 46.8 Å². The summed E-state index contributed by atoms with van der Waals surface area (Å²) in [7, 11) is 2.84. The van der Waals surface area contributed by atoms with Gasteiger partial charge in [-0.15, -0.1) is 0 Å². The summed E-state index contributed by atoms with van der Waals surface area (Å²) < 4.78 is 17.4. The van der Waals surface area contributed by atoms with Gasteiger partial charge in [-0.25, -0.2) is 4.79 Å². The van der Waals surface area contributed by atoms with E-state index in [-0.39, 0.29) is 18.2 Å². The van der Waals surface area contributed by atoms with E-state index in [9.17, 15) is 14.4 Å². The van der Waals surface area contributed by atoms with Crippen LogP contribution in [-0.4, -0.2) is 47.4 Å². The number of benzene rings is 1. The van der Waals surface area contributed by atoms with Crippen LogP contribution in [0.5, 0.6) is 5.75 Å². The lowest BCUT2D eigenvalue weighted by Gasteiger charge is -2.28. The molecule has 180 valence electrons. The number of furan rings is 1. The van der Waals surface area contributed by atoms with E-state index in [1.165, 1.54) is 25.4 Å². The van der Waals surface area contributed by atoms with Gasteiger partial charge in [0.2, 0.25) is 0 Å². The van der Waals surface area contributed by atoms with Crippen molar-refractivity contribution in [2.75, 3.05) is 14.2 Å². The highest BCUT2D eigenvalue weighted by atomic mass is 16.5. The average Bonchev–Trinajstić information content (AvgIpc) is 3.45. The number of Topliss-reactive ketones (excluding diaryl/α,β-unsaturated/α-hetero) is 1. The SMILES string of the molecule is CCn1c(C)c(C(=O)[C@@H](C)N(Cc2ccco2)C(=O)c2cccc(OC)c2)c(C)c1C(=O)OC. The highest BCUT2D eigenvalue weighted by Crippen LogP contribution is 2.27. The molecule has 0 saturated carbocycles. The topological polar surface area (TPSA) is 91.0 Å². The van der Waals surface area contributed by atoms with Crippen LogP contribution < -0.4 is 4.74 Å². The standard InChI is InChI=1S/C26H30N2O6/c1-7-27-17(3)22(16(2)23(27)26(31)33-6)24(29)18(4)28(15-21-12-9-13-34-21)25(30)19-10-8-11-20(14-19)32-5/h8-14,18H,7,15H2,1-6H3/t18-/m1/s1. The molecule has 0 fully saturated rings. The predicted molar refractivity (Wildman–Crippen MR) is 126 cm³/mol. The molecule has 1 amide bonds. The number of methoxy groups -OCH3 is 2. The number of hydrogen-bond donors (Lipinski definition) is 0. The average molecular weight is 467 g/mol. The van der Waals surface area contributed by atoms with Crippen molar-refractivity contribution in [1.82, 2.24) is 9.47 Å². The minimum Gasteiger partial charge on any atom is -0.497 e. The summed E-state index contributed by atoms with van der Waals surface area (Å²) >= 11 is 0. The Balaban J connectivity index is 2.05. The fraction of sp³-hybridized carbons (Fsp3) is 0.346. The second-order valence-corrected chi connectivity index (χ2v) is 7.95. The third-order valence-corrected chi connectivity index (χ3v) is 6.04. The van der Waals surface area contributed by atoms with Crippen LogP contribution in [0, 0.1) is 13.8 Å². The molecule has 0 aliphatic rings. The molecule has 8 heteroatoms. The first-order valence-electron chi connectivity index (χ1n) is 11.0. The summed E-state index contributed by atoms with van der Waals surface area (Å²) in [4.78, 5) is 41.3. The monoisotopic (exact) mass is 466 g/mol. The Morgan fingerprint density at radius 3 is 2.44 bits per heavy atom. The van der Waals surface area contributed by atoms with Gasteiger partial charge < -0.3 is 23.4 Å². The predicted octanol–water partition coefficient (Wildman–Crippen LogP) is 4.43. The second kappa shape index (κ2) is 10.4. The van der Waals surface area contributed by atoms with E-state index in [0.717, 1.165) is 0 Å². The van der Waals surface area contributed by atoms with E-state index >= 15 is 0 Å². The number of esters is 1. The molecule has 0 radical (unpaired) electrons. The molecule has 0 saturated heterocycles. The number of rotatable bonds is 9. The molecular weight excluding hydrogens is 436 g/mol. The lowest BCUT2D eigenvalue weighted by Crippen LogP contribution is -2.43. The largest absolute Gasteiger partial charge is 0.497 e. The van der Waals surface area contributed by atoms with Crippen molar-refractivity contribution in [1.29, 1.82) is 0 Å². The van der Waals surface area contributed by atoms with Crippen molar-refractivity contribution in [2.24, 2.45) is 0 Å². The zero-order chi connectivity index (χ0) is 25.0. The first kappa shape index (κ1) is 24.8. The summed E-state index contributed by atoms with van der Waals surface area (Å²) in [6.45, 7) is 7.70. The molecule has 0 N–H and O–H groups in total. The Morgan fingerprint density at radius 2 is 1.85 bits per heavy atom. The highest BCUT2D eigenvalue weighted by molar-refractivity contribution is 6.07. The van der Waals surface area contributed by atoms with Crippen molar-refractivity contribution < 1.29 is 28.3 Å². The van der Waals surface area contributed by atoms with Crippen molar-refractivity contribution in [3.63, 3.8) is 0 Å². The van der Waals surface area contributed by atoms with Gasteiger partial charge in [0.05, 0.1) is 33.1 Å². The zero-order valence-corrected chi connectivity index (χ0v) is 20.4. The summed E-state index contributed by atoms with van der Waals surface area (Å²) in [6.07, 6.45) is 1.52. The zero-order valence-electron chi connectivity index (χ0n) is 20.4. The molecule has 0 bridgehead atoms. The van der Waals surface area contributed by atoms with Crippen LogP contribution in [0.2, 0.25) is 0 Å². The molecular formula is C26H30N2O6. The van der Waals surface area contributed by atoms with Gasteiger partial charge in [-0.2, -0.15) is 0 Å². The number of nitrogens with zero attached hydrogens (tertiary/aromatic N) is 2. The molecule has 1 aromatic carbocycles. The maximum atomic E-state index is 13.8. The van der Waals surface area contributed by atoms with Crippen molar-refractivity contribution >= 4 is 17.7 Å². The molecule has 0 aliphatic heterocycles. The number of ether oxygens (including phenoxy) is 2. The molecule has 0 aliphatic carbocycles. The molecule has 0 spiro atoms. The molecule has 1 atom stereocenters. The first-order chi connectivity index (χ1) is 16.2. The summed E-state index contributed by atoms with van der Waals surface area (Å²) in [5.41, 5.74) is 2.34. The summed E-state index contributed by atoms with van der Waals surface area (Å²) in [5.74, 6) is -0.0262. The third-order valence-electron chi connectivity index (χ3n) is 6.04. The van der Waals surface area contributed by atoms with Crippen molar-refractivity contribution in [3.05, 3.63) is 76.5 Å². The van der Waals surface area contributed by atoms with Gasteiger partial charge in [0.1, 0.15) is 17.2 Å². The number of carbonyl (C=O) groups is 3. The van der Waals surface area contributed by atoms with E-state index < -0.39 is 12.0 Å². The maximum absolute atomic E-state index is 13.8. The number of aromatic nitrogens is 1. The first-order valence-corrected chi connectivity index (χ1v) is 11.0. The van der Waals surface area contributed by atoms with E-state index in [1.54, 1.807) is 61.7 Å². The fourth-order valence-electron chi connectivity index (χ4n) is 4.24. The van der Waals surface area contributed by atoms with Gasteiger partial charge in [0.15, 0.2) is 5.78 Å². The van der Waals surface area contributed by atoms with Crippen LogP contribution in [0.3, 0.4) is 0 Å². The van der Waals surface area contributed by atoms with Crippen LogP contribution in [0.4, 0.5) is 0 Å². The minimum absolute atomic E-state index is 0.104. The Bertz CT molecular complexity index is 1190. The van der Waals surface area contributed by atoms with E-state index in [1.807, 2.05) is 6.92 Å². The van der Waals surface area contributed by atoms with E-state index in [4.69, 9.17) is 13.9 Å². The molecule has 0 unspecified atom stereocenters. The molecule has 8 nitrogen and oxygen atoms in total. The molecule has 2 aromatic heterocycles. The van der Waals surface area contributed by atoms with Gasteiger partial charge in [0, 0.05) is 23.4 Å². The van der Waals surface area contributed by atoms with Gasteiger partial charge in [-0.1, -0.05) is 6.07 Å². The Labute approximate surface area is 199 Å². The van der Waals surface area contributed by atoms with Crippen LogP contribution in [0.1, 0.15) is 62.1 Å². The third kappa shape index (κ3) is 4.62. The number of amides is 1. The lowest BCUT2D eigenvalue weighted by atomic mass is 9.99. The quantitative estimate of drug-likeness (QED) is 0.342. The van der Waals surface area contributed by atoms with Gasteiger partial charge in [-0.3, -0.25) is 9.59 Å². The van der Waals surface area contributed by atoms with E-state index in [0.29, 0.717) is 46.1 Å².